The Balaban J connectivity index is 2.33. The van der Waals surface area contributed by atoms with Gasteiger partial charge in [-0.1, -0.05) is 6.92 Å². The molecule has 1 fully saturated rings. The largest absolute Gasteiger partial charge is 0.384 e. The molecule has 0 aliphatic carbocycles. The van der Waals surface area contributed by atoms with E-state index in [1.54, 1.807) is 11.4 Å². The highest BCUT2D eigenvalue weighted by Gasteiger charge is 2.30. The SMILES string of the molecule is CCNCCCS(=O)(=O)N1CCC(COC)C1. The maximum absolute atomic E-state index is 12.0. The molecule has 1 aliphatic heterocycles. The molecule has 102 valence electrons. The lowest BCUT2D eigenvalue weighted by molar-refractivity contribution is 0.157. The highest BCUT2D eigenvalue weighted by molar-refractivity contribution is 7.89. The molecule has 0 aromatic carbocycles. The van der Waals surface area contributed by atoms with Gasteiger partial charge in [0, 0.05) is 20.2 Å². The Hall–Kier alpha value is -0.170. The minimum Gasteiger partial charge on any atom is -0.384 e. The van der Waals surface area contributed by atoms with Crippen molar-refractivity contribution in [1.29, 1.82) is 0 Å². The summed E-state index contributed by atoms with van der Waals surface area (Å²) < 4.78 is 30.7. The van der Waals surface area contributed by atoms with E-state index in [0.717, 1.165) is 19.5 Å². The van der Waals surface area contributed by atoms with Crippen molar-refractivity contribution in [2.24, 2.45) is 5.92 Å². The van der Waals surface area contributed by atoms with Crippen LogP contribution in [0, 0.1) is 5.92 Å². The van der Waals surface area contributed by atoms with Gasteiger partial charge in [-0.25, -0.2) is 12.7 Å². The monoisotopic (exact) mass is 264 g/mol. The van der Waals surface area contributed by atoms with Crippen LogP contribution in [0.1, 0.15) is 19.8 Å². The molecule has 17 heavy (non-hydrogen) atoms. The molecular formula is C11H24N2O3S. The Morgan fingerprint density at radius 1 is 1.47 bits per heavy atom. The highest BCUT2D eigenvalue weighted by Crippen LogP contribution is 2.20. The van der Waals surface area contributed by atoms with E-state index < -0.39 is 10.0 Å². The van der Waals surface area contributed by atoms with Crippen LogP contribution in [0.15, 0.2) is 0 Å². The Morgan fingerprint density at radius 2 is 2.24 bits per heavy atom. The first-order chi connectivity index (χ1) is 8.10. The summed E-state index contributed by atoms with van der Waals surface area (Å²) in [5.41, 5.74) is 0. The second-order valence-corrected chi connectivity index (χ2v) is 6.58. The summed E-state index contributed by atoms with van der Waals surface area (Å²) >= 11 is 0. The molecule has 0 amide bonds. The van der Waals surface area contributed by atoms with Crippen LogP contribution < -0.4 is 5.32 Å². The topological polar surface area (TPSA) is 58.6 Å². The number of hydrogen-bond acceptors (Lipinski definition) is 4. The molecule has 0 aromatic rings. The van der Waals surface area contributed by atoms with E-state index >= 15 is 0 Å². The van der Waals surface area contributed by atoms with Crippen molar-refractivity contribution in [3.63, 3.8) is 0 Å². The van der Waals surface area contributed by atoms with Crippen molar-refractivity contribution in [2.75, 3.05) is 45.6 Å². The fourth-order valence-corrected chi connectivity index (χ4v) is 3.70. The van der Waals surface area contributed by atoms with Crippen molar-refractivity contribution in [3.05, 3.63) is 0 Å². The first kappa shape index (κ1) is 14.9. The van der Waals surface area contributed by atoms with Gasteiger partial charge in [-0.2, -0.15) is 0 Å². The fourth-order valence-electron chi connectivity index (χ4n) is 2.11. The Labute approximate surface area is 105 Å². The fraction of sp³-hybridized carbons (Fsp3) is 1.00. The molecule has 0 saturated carbocycles. The van der Waals surface area contributed by atoms with Gasteiger partial charge in [-0.05, 0) is 31.8 Å². The van der Waals surface area contributed by atoms with Crippen LogP contribution in [-0.4, -0.2) is 58.4 Å². The number of sulfonamides is 1. The van der Waals surface area contributed by atoms with Gasteiger partial charge < -0.3 is 10.1 Å². The van der Waals surface area contributed by atoms with E-state index in [4.69, 9.17) is 4.74 Å². The van der Waals surface area contributed by atoms with E-state index in [-0.39, 0.29) is 5.75 Å². The second kappa shape index (κ2) is 7.31. The summed E-state index contributed by atoms with van der Waals surface area (Å²) in [4.78, 5) is 0. The lowest BCUT2D eigenvalue weighted by Crippen LogP contribution is -2.32. The minimum atomic E-state index is -3.05. The molecule has 0 bridgehead atoms. The molecule has 1 N–H and O–H groups in total. The zero-order valence-electron chi connectivity index (χ0n) is 10.8. The number of hydrogen-bond donors (Lipinski definition) is 1. The van der Waals surface area contributed by atoms with Gasteiger partial charge in [0.25, 0.3) is 0 Å². The standard InChI is InChI=1S/C11H24N2O3S/c1-3-12-6-4-8-17(14,15)13-7-5-11(9-13)10-16-2/h11-12H,3-10H2,1-2H3. The molecule has 5 nitrogen and oxygen atoms in total. The molecule has 1 rings (SSSR count). The predicted molar refractivity (Wildman–Crippen MR) is 68.5 cm³/mol. The molecular weight excluding hydrogens is 240 g/mol. The number of nitrogens with one attached hydrogen (secondary N) is 1. The summed E-state index contributed by atoms with van der Waals surface area (Å²) in [5, 5.41) is 3.14. The van der Waals surface area contributed by atoms with Crippen molar-refractivity contribution >= 4 is 10.0 Å². The molecule has 6 heteroatoms. The second-order valence-electron chi connectivity index (χ2n) is 4.49. The Morgan fingerprint density at radius 3 is 2.88 bits per heavy atom. The number of nitrogens with zero attached hydrogens (tertiary/aromatic N) is 1. The van der Waals surface area contributed by atoms with Crippen LogP contribution in [0.3, 0.4) is 0 Å². The van der Waals surface area contributed by atoms with Crippen LogP contribution >= 0.6 is 0 Å². The van der Waals surface area contributed by atoms with Crippen LogP contribution in [0.4, 0.5) is 0 Å². The third-order valence-corrected chi connectivity index (χ3v) is 4.97. The predicted octanol–water partition coefficient (Wildman–Crippen LogP) is 0.284. The first-order valence-corrected chi connectivity index (χ1v) is 7.88. The van der Waals surface area contributed by atoms with Gasteiger partial charge in [-0.3, -0.25) is 0 Å². The van der Waals surface area contributed by atoms with Gasteiger partial charge in [0.1, 0.15) is 0 Å². The summed E-state index contributed by atoms with van der Waals surface area (Å²) in [7, 11) is -1.39. The lowest BCUT2D eigenvalue weighted by atomic mass is 10.1. The molecule has 1 saturated heterocycles. The quantitative estimate of drug-likeness (QED) is 0.640. The van der Waals surface area contributed by atoms with Crippen LogP contribution in [-0.2, 0) is 14.8 Å². The van der Waals surface area contributed by atoms with Gasteiger partial charge in [0.15, 0.2) is 0 Å². The average molecular weight is 264 g/mol. The minimum absolute atomic E-state index is 0.250. The summed E-state index contributed by atoms with van der Waals surface area (Å²) in [6.07, 6.45) is 1.60. The zero-order chi connectivity index (χ0) is 12.7. The molecule has 0 aromatic heterocycles. The summed E-state index contributed by atoms with van der Waals surface area (Å²) in [6, 6.07) is 0. The Kier molecular flexibility index (Phi) is 6.40. The smallest absolute Gasteiger partial charge is 0.214 e. The van der Waals surface area contributed by atoms with Gasteiger partial charge in [0.05, 0.1) is 12.4 Å². The van der Waals surface area contributed by atoms with E-state index in [9.17, 15) is 8.42 Å². The zero-order valence-corrected chi connectivity index (χ0v) is 11.6. The molecule has 1 unspecified atom stereocenters. The van der Waals surface area contributed by atoms with Crippen molar-refractivity contribution < 1.29 is 13.2 Å². The summed E-state index contributed by atoms with van der Waals surface area (Å²) in [5.74, 6) is 0.614. The van der Waals surface area contributed by atoms with E-state index in [2.05, 4.69) is 5.32 Å². The molecule has 1 atom stereocenters. The maximum Gasteiger partial charge on any atom is 0.214 e. The summed E-state index contributed by atoms with van der Waals surface area (Å²) in [6.45, 7) is 5.60. The number of rotatable bonds is 8. The van der Waals surface area contributed by atoms with Crippen LogP contribution in [0.25, 0.3) is 0 Å². The Bertz CT molecular complexity index is 306. The van der Waals surface area contributed by atoms with Crippen LogP contribution in [0.2, 0.25) is 0 Å². The third-order valence-electron chi connectivity index (χ3n) is 3.05. The van der Waals surface area contributed by atoms with Gasteiger partial charge in [-0.15, -0.1) is 0 Å². The molecule has 0 radical (unpaired) electrons. The third kappa shape index (κ3) is 4.91. The molecule has 0 spiro atoms. The lowest BCUT2D eigenvalue weighted by Gasteiger charge is -2.16. The number of methoxy groups -OCH3 is 1. The van der Waals surface area contributed by atoms with Gasteiger partial charge >= 0.3 is 0 Å². The van der Waals surface area contributed by atoms with Crippen molar-refractivity contribution in [3.8, 4) is 0 Å². The molecule has 1 heterocycles. The van der Waals surface area contributed by atoms with Gasteiger partial charge in [0.2, 0.25) is 10.0 Å². The maximum atomic E-state index is 12.0. The van der Waals surface area contributed by atoms with Crippen molar-refractivity contribution in [1.82, 2.24) is 9.62 Å². The normalized spacial score (nSPS) is 22.1. The van der Waals surface area contributed by atoms with E-state index in [0.29, 0.717) is 32.0 Å². The van der Waals surface area contributed by atoms with Crippen molar-refractivity contribution in [2.45, 2.75) is 19.8 Å². The van der Waals surface area contributed by atoms with E-state index in [1.165, 1.54) is 0 Å². The van der Waals surface area contributed by atoms with Crippen LogP contribution in [0.5, 0.6) is 0 Å². The highest BCUT2D eigenvalue weighted by atomic mass is 32.2. The first-order valence-electron chi connectivity index (χ1n) is 6.27. The number of ether oxygens (including phenoxy) is 1. The molecule has 1 aliphatic rings. The van der Waals surface area contributed by atoms with E-state index in [1.807, 2.05) is 6.92 Å². The average Bonchev–Trinajstić information content (AvgIpc) is 2.74.